The van der Waals surface area contributed by atoms with Crippen molar-refractivity contribution >= 4 is 22.1 Å². The average Bonchev–Trinajstić information content (AvgIpc) is 3.19. The summed E-state index contributed by atoms with van der Waals surface area (Å²) in [5.41, 5.74) is 0.250. The van der Waals surface area contributed by atoms with Gasteiger partial charge in [-0.2, -0.15) is 4.31 Å². The van der Waals surface area contributed by atoms with Gasteiger partial charge in [0.05, 0.1) is 4.90 Å². The van der Waals surface area contributed by atoms with Gasteiger partial charge in [0.15, 0.2) is 0 Å². The van der Waals surface area contributed by atoms with E-state index in [2.05, 4.69) is 5.32 Å². The molecule has 1 amide bonds. The predicted octanol–water partition coefficient (Wildman–Crippen LogP) is 3.47. The predicted molar refractivity (Wildman–Crippen MR) is 135 cm³/mol. The third kappa shape index (κ3) is 9.09. The molecule has 1 aliphatic rings. The molecule has 35 heavy (non-hydrogen) atoms. The smallest absolute Gasteiger partial charge is 0.410 e. The number of aryl methyl sites for hydroxylation is 1. The van der Waals surface area contributed by atoms with Crippen molar-refractivity contribution in [1.29, 1.82) is 0 Å². The zero-order chi connectivity index (χ0) is 26.4. The standard InChI is InChI=1S/C25H41N3O6S/c1-18(2)14-20(16-27(17-23(29)30)24(31)34-25(4,5)6)26-15-21-8-7-13-28(21)35(32,33)22-11-9-19(3)10-12-22/h9-12,18,20-21,26H,7-8,13-17H2,1-6H3,(H,29,30). The Hall–Kier alpha value is -2.17. The highest BCUT2D eigenvalue weighted by Crippen LogP contribution is 2.26. The van der Waals surface area contributed by atoms with Crippen molar-refractivity contribution in [2.75, 3.05) is 26.2 Å². The Balaban J connectivity index is 2.14. The number of sulfonamides is 1. The molecule has 2 N–H and O–H groups in total. The quantitative estimate of drug-likeness (QED) is 0.467. The Kier molecular flexibility index (Phi) is 10.1. The molecule has 10 heteroatoms. The summed E-state index contributed by atoms with van der Waals surface area (Å²) in [7, 11) is -3.62. The lowest BCUT2D eigenvalue weighted by atomic mass is 10.0. The molecule has 1 aliphatic heterocycles. The number of rotatable bonds is 11. The first-order chi connectivity index (χ1) is 16.2. The van der Waals surface area contributed by atoms with Crippen LogP contribution in [-0.4, -0.2) is 78.7 Å². The van der Waals surface area contributed by atoms with Crippen LogP contribution >= 0.6 is 0 Å². The summed E-state index contributed by atoms with van der Waals surface area (Å²) in [5, 5.41) is 12.8. The van der Waals surface area contributed by atoms with E-state index in [0.717, 1.165) is 18.4 Å². The highest BCUT2D eigenvalue weighted by atomic mass is 32.2. The van der Waals surface area contributed by atoms with Gasteiger partial charge >= 0.3 is 12.1 Å². The number of carboxylic acid groups (broad SMARTS) is 1. The Morgan fingerprint density at radius 1 is 1.23 bits per heavy atom. The van der Waals surface area contributed by atoms with Gasteiger partial charge in [0.2, 0.25) is 10.0 Å². The number of amides is 1. The molecule has 9 nitrogen and oxygen atoms in total. The van der Waals surface area contributed by atoms with Gasteiger partial charge in [0, 0.05) is 31.7 Å². The number of aliphatic carboxylic acids is 1. The van der Waals surface area contributed by atoms with Crippen molar-refractivity contribution in [2.45, 2.75) is 83.4 Å². The van der Waals surface area contributed by atoms with E-state index in [4.69, 9.17) is 4.74 Å². The van der Waals surface area contributed by atoms with Crippen molar-refractivity contribution < 1.29 is 27.9 Å². The monoisotopic (exact) mass is 511 g/mol. The summed E-state index contributed by atoms with van der Waals surface area (Å²) >= 11 is 0. The Bertz CT molecular complexity index is 956. The molecule has 0 aromatic heterocycles. The maximum absolute atomic E-state index is 13.3. The third-order valence-corrected chi connectivity index (χ3v) is 7.73. The van der Waals surface area contributed by atoms with Gasteiger partial charge in [0.1, 0.15) is 12.1 Å². The minimum atomic E-state index is -3.62. The van der Waals surface area contributed by atoms with Gasteiger partial charge in [-0.05, 0) is 65.0 Å². The van der Waals surface area contributed by atoms with Crippen LogP contribution in [-0.2, 0) is 19.6 Å². The van der Waals surface area contributed by atoms with Crippen LogP contribution in [0.1, 0.15) is 59.4 Å². The molecular weight excluding hydrogens is 470 g/mol. The number of nitrogens with zero attached hydrogens (tertiary/aromatic N) is 2. The molecule has 2 atom stereocenters. The van der Waals surface area contributed by atoms with Crippen molar-refractivity contribution in [3.05, 3.63) is 29.8 Å². The molecule has 1 aromatic rings. The Morgan fingerprint density at radius 3 is 2.40 bits per heavy atom. The van der Waals surface area contributed by atoms with E-state index in [1.165, 1.54) is 4.90 Å². The number of nitrogens with one attached hydrogen (secondary N) is 1. The van der Waals surface area contributed by atoms with E-state index < -0.39 is 34.2 Å². The largest absolute Gasteiger partial charge is 0.480 e. The summed E-state index contributed by atoms with van der Waals surface area (Å²) in [4.78, 5) is 25.6. The van der Waals surface area contributed by atoms with Crippen LogP contribution in [0.25, 0.3) is 0 Å². The molecule has 198 valence electrons. The van der Waals surface area contributed by atoms with Gasteiger partial charge in [-0.3, -0.25) is 9.69 Å². The molecule has 0 spiro atoms. The first kappa shape index (κ1) is 29.1. The van der Waals surface area contributed by atoms with E-state index in [-0.39, 0.29) is 29.4 Å². The number of benzene rings is 1. The number of carbonyl (C=O) groups excluding carboxylic acids is 1. The van der Waals surface area contributed by atoms with Crippen molar-refractivity contribution in [1.82, 2.24) is 14.5 Å². The molecule has 0 bridgehead atoms. The van der Waals surface area contributed by atoms with Crippen LogP contribution in [0.15, 0.2) is 29.2 Å². The number of carbonyl (C=O) groups is 2. The Morgan fingerprint density at radius 2 is 1.86 bits per heavy atom. The molecule has 2 unspecified atom stereocenters. The van der Waals surface area contributed by atoms with E-state index in [1.807, 2.05) is 20.8 Å². The highest BCUT2D eigenvalue weighted by molar-refractivity contribution is 7.89. The summed E-state index contributed by atoms with van der Waals surface area (Å²) in [6.07, 6.45) is 1.52. The van der Waals surface area contributed by atoms with E-state index in [1.54, 1.807) is 49.3 Å². The lowest BCUT2D eigenvalue weighted by molar-refractivity contribution is -0.138. The second-order valence-corrected chi connectivity index (χ2v) is 12.6. The van der Waals surface area contributed by atoms with Gasteiger partial charge in [0.25, 0.3) is 0 Å². The second-order valence-electron chi connectivity index (χ2n) is 10.7. The number of hydrogen-bond acceptors (Lipinski definition) is 6. The maximum atomic E-state index is 13.3. The topological polar surface area (TPSA) is 116 Å². The van der Waals surface area contributed by atoms with Crippen LogP contribution in [0.5, 0.6) is 0 Å². The van der Waals surface area contributed by atoms with Crippen LogP contribution in [0.4, 0.5) is 4.79 Å². The van der Waals surface area contributed by atoms with Crippen LogP contribution in [0, 0.1) is 12.8 Å². The lowest BCUT2D eigenvalue weighted by Gasteiger charge is -2.32. The zero-order valence-electron chi connectivity index (χ0n) is 21.8. The zero-order valence-corrected chi connectivity index (χ0v) is 22.6. The SMILES string of the molecule is Cc1ccc(S(=O)(=O)N2CCCC2CNC(CC(C)C)CN(CC(=O)O)C(=O)OC(C)(C)C)cc1. The fraction of sp³-hybridized carbons (Fsp3) is 0.680. The summed E-state index contributed by atoms with van der Waals surface area (Å²) in [5.74, 6) is -0.834. The van der Waals surface area contributed by atoms with Gasteiger partial charge in [-0.25, -0.2) is 13.2 Å². The summed E-state index contributed by atoms with van der Waals surface area (Å²) in [6.45, 7) is 11.8. The molecule has 0 aliphatic carbocycles. The van der Waals surface area contributed by atoms with E-state index in [0.29, 0.717) is 19.5 Å². The summed E-state index contributed by atoms with van der Waals surface area (Å²) < 4.78 is 33.5. The van der Waals surface area contributed by atoms with Crippen molar-refractivity contribution in [3.8, 4) is 0 Å². The molecule has 2 rings (SSSR count). The van der Waals surface area contributed by atoms with E-state index >= 15 is 0 Å². The molecule has 1 heterocycles. The first-order valence-electron chi connectivity index (χ1n) is 12.2. The van der Waals surface area contributed by atoms with Crippen LogP contribution in [0.3, 0.4) is 0 Å². The minimum Gasteiger partial charge on any atom is -0.480 e. The minimum absolute atomic E-state index is 0.150. The van der Waals surface area contributed by atoms with Gasteiger partial charge < -0.3 is 15.2 Å². The van der Waals surface area contributed by atoms with E-state index in [9.17, 15) is 23.1 Å². The molecule has 0 saturated carbocycles. The van der Waals surface area contributed by atoms with Gasteiger partial charge in [-0.1, -0.05) is 31.5 Å². The fourth-order valence-corrected chi connectivity index (χ4v) is 5.92. The van der Waals surface area contributed by atoms with Crippen LogP contribution < -0.4 is 5.32 Å². The van der Waals surface area contributed by atoms with Crippen molar-refractivity contribution in [3.63, 3.8) is 0 Å². The molecule has 1 aromatic carbocycles. The molecule has 0 radical (unpaired) electrons. The normalized spacial score (nSPS) is 18.0. The third-order valence-electron chi connectivity index (χ3n) is 5.77. The Labute approximate surface area is 209 Å². The maximum Gasteiger partial charge on any atom is 0.410 e. The number of hydrogen-bond donors (Lipinski definition) is 2. The molecule has 1 fully saturated rings. The molecule has 1 saturated heterocycles. The second kappa shape index (κ2) is 12.2. The van der Waals surface area contributed by atoms with Gasteiger partial charge in [-0.15, -0.1) is 0 Å². The van der Waals surface area contributed by atoms with Crippen molar-refractivity contribution in [2.24, 2.45) is 5.92 Å². The van der Waals surface area contributed by atoms with Crippen LogP contribution in [0.2, 0.25) is 0 Å². The first-order valence-corrected chi connectivity index (χ1v) is 13.6. The summed E-state index contributed by atoms with van der Waals surface area (Å²) in [6, 6.07) is 6.43. The average molecular weight is 512 g/mol. The number of ether oxygens (including phenoxy) is 1. The highest BCUT2D eigenvalue weighted by Gasteiger charge is 2.36. The number of carboxylic acids is 1. The molecular formula is C25H41N3O6S. The lowest BCUT2D eigenvalue weighted by Crippen LogP contribution is -2.50. The fourth-order valence-electron chi connectivity index (χ4n) is 4.23.